The van der Waals surface area contributed by atoms with Gasteiger partial charge in [-0.2, -0.15) is 4.98 Å². The second kappa shape index (κ2) is 4.67. The number of likely N-dealkylation sites (tertiary alicyclic amines) is 1. The molecule has 0 spiro atoms. The van der Waals surface area contributed by atoms with E-state index in [9.17, 15) is 4.79 Å². The zero-order valence-corrected chi connectivity index (χ0v) is 12.5. The van der Waals surface area contributed by atoms with Crippen molar-refractivity contribution in [2.45, 2.75) is 19.3 Å². The third-order valence-corrected chi connectivity index (χ3v) is 4.57. The first kappa shape index (κ1) is 13.5. The van der Waals surface area contributed by atoms with Gasteiger partial charge in [0.15, 0.2) is 11.6 Å². The molecule has 0 aliphatic carbocycles. The smallest absolute Gasteiger partial charge is 0.289 e. The van der Waals surface area contributed by atoms with E-state index < -0.39 is 5.41 Å². The molecule has 4 heterocycles. The Bertz CT molecular complexity index is 722. The fraction of sp³-hybridized carbons (Fsp3) is 0.533. The summed E-state index contributed by atoms with van der Waals surface area (Å²) in [5.41, 5.74) is -0.390. The molecule has 22 heavy (non-hydrogen) atoms. The van der Waals surface area contributed by atoms with Crippen LogP contribution in [0.1, 0.15) is 28.0 Å². The number of carbonyl (C=O) groups excluding carboxylic acids is 1. The number of aryl methyl sites for hydroxylation is 2. The van der Waals surface area contributed by atoms with Crippen LogP contribution >= 0.6 is 0 Å². The first-order valence-corrected chi connectivity index (χ1v) is 7.33. The number of hydrogen-bond acceptors (Lipinski definition) is 6. The summed E-state index contributed by atoms with van der Waals surface area (Å²) in [4.78, 5) is 18.8. The van der Waals surface area contributed by atoms with E-state index in [4.69, 9.17) is 13.7 Å². The molecule has 1 amide bonds. The lowest BCUT2D eigenvalue weighted by Gasteiger charge is -2.22. The highest BCUT2D eigenvalue weighted by Gasteiger charge is 2.56. The molecule has 4 rings (SSSR count). The van der Waals surface area contributed by atoms with Crippen LogP contribution in [0.3, 0.4) is 0 Å². The lowest BCUT2D eigenvalue weighted by molar-refractivity contribution is 0.0704. The highest BCUT2D eigenvalue weighted by Crippen LogP contribution is 2.43. The van der Waals surface area contributed by atoms with Gasteiger partial charge in [-0.1, -0.05) is 5.16 Å². The number of aromatic nitrogens is 2. The summed E-state index contributed by atoms with van der Waals surface area (Å²) in [6.07, 6.45) is 0. The third-order valence-electron chi connectivity index (χ3n) is 4.57. The van der Waals surface area contributed by atoms with Crippen LogP contribution in [-0.4, -0.2) is 47.3 Å². The Hall–Kier alpha value is -2.15. The number of hydrogen-bond donors (Lipinski definition) is 0. The molecule has 7 heteroatoms. The summed E-state index contributed by atoms with van der Waals surface area (Å²) in [7, 11) is 0. The van der Waals surface area contributed by atoms with Crippen molar-refractivity contribution < 1.29 is 18.5 Å². The molecule has 0 N–H and O–H groups in total. The molecule has 2 fully saturated rings. The van der Waals surface area contributed by atoms with E-state index in [-0.39, 0.29) is 11.8 Å². The molecule has 0 radical (unpaired) electrons. The molecular weight excluding hydrogens is 286 g/mol. The average Bonchev–Trinajstić information content (AvgIpc) is 3.19. The van der Waals surface area contributed by atoms with E-state index in [1.54, 1.807) is 24.0 Å². The van der Waals surface area contributed by atoms with Crippen molar-refractivity contribution in [1.29, 1.82) is 0 Å². The lowest BCUT2D eigenvalue weighted by atomic mass is 9.81. The predicted octanol–water partition coefficient (Wildman–Crippen LogP) is 1.32. The van der Waals surface area contributed by atoms with Crippen LogP contribution in [-0.2, 0) is 10.2 Å². The number of ether oxygens (including phenoxy) is 1. The molecule has 0 unspecified atom stereocenters. The first-order chi connectivity index (χ1) is 10.6. The number of amides is 1. The van der Waals surface area contributed by atoms with Crippen molar-refractivity contribution in [2.75, 3.05) is 26.3 Å². The second-order valence-electron chi connectivity index (χ2n) is 6.11. The van der Waals surface area contributed by atoms with Crippen molar-refractivity contribution in [3.05, 3.63) is 35.4 Å². The van der Waals surface area contributed by atoms with Crippen molar-refractivity contribution in [3.8, 4) is 0 Å². The SMILES string of the molecule is Cc1noc([C@@]23COC[C@@H]2CN(C(=O)c2ccc(C)o2)C3)n1. The Morgan fingerprint density at radius 3 is 2.95 bits per heavy atom. The van der Waals surface area contributed by atoms with Crippen molar-refractivity contribution >= 4 is 5.91 Å². The minimum atomic E-state index is -0.390. The normalized spacial score (nSPS) is 27.4. The summed E-state index contributed by atoms with van der Waals surface area (Å²) in [5.74, 6) is 2.34. The fourth-order valence-corrected chi connectivity index (χ4v) is 3.40. The van der Waals surface area contributed by atoms with Crippen LogP contribution in [0.2, 0.25) is 0 Å². The Labute approximate surface area is 127 Å². The molecule has 2 aromatic heterocycles. The molecule has 2 saturated heterocycles. The maximum Gasteiger partial charge on any atom is 0.289 e. The number of nitrogens with zero attached hydrogens (tertiary/aromatic N) is 3. The summed E-state index contributed by atoms with van der Waals surface area (Å²) >= 11 is 0. The maximum atomic E-state index is 12.6. The van der Waals surface area contributed by atoms with Gasteiger partial charge >= 0.3 is 0 Å². The predicted molar refractivity (Wildman–Crippen MR) is 74.4 cm³/mol. The number of furan rings is 1. The zero-order chi connectivity index (χ0) is 15.3. The van der Waals surface area contributed by atoms with E-state index in [1.807, 2.05) is 6.92 Å². The molecule has 116 valence electrons. The lowest BCUT2D eigenvalue weighted by Crippen LogP contribution is -2.37. The minimum absolute atomic E-state index is 0.0990. The Balaban J connectivity index is 1.63. The zero-order valence-electron chi connectivity index (χ0n) is 12.5. The monoisotopic (exact) mass is 303 g/mol. The summed E-state index contributed by atoms with van der Waals surface area (Å²) in [5, 5.41) is 3.88. The largest absolute Gasteiger partial charge is 0.456 e. The number of fused-ring (bicyclic) bond motifs is 1. The van der Waals surface area contributed by atoms with Crippen LogP contribution in [0.4, 0.5) is 0 Å². The van der Waals surface area contributed by atoms with Crippen molar-refractivity contribution in [2.24, 2.45) is 5.92 Å². The second-order valence-corrected chi connectivity index (χ2v) is 6.11. The van der Waals surface area contributed by atoms with Crippen LogP contribution in [0.25, 0.3) is 0 Å². The van der Waals surface area contributed by atoms with Gasteiger partial charge in [-0.15, -0.1) is 0 Å². The Morgan fingerprint density at radius 2 is 2.27 bits per heavy atom. The Morgan fingerprint density at radius 1 is 1.41 bits per heavy atom. The van der Waals surface area contributed by atoms with Gasteiger partial charge in [-0.05, 0) is 26.0 Å². The highest BCUT2D eigenvalue weighted by molar-refractivity contribution is 5.92. The Kier molecular flexibility index (Phi) is 2.87. The minimum Gasteiger partial charge on any atom is -0.456 e. The van der Waals surface area contributed by atoms with Gasteiger partial charge in [-0.25, -0.2) is 0 Å². The van der Waals surface area contributed by atoms with Crippen LogP contribution < -0.4 is 0 Å². The molecule has 0 aromatic carbocycles. The van der Waals surface area contributed by atoms with Crippen LogP contribution in [0.15, 0.2) is 21.1 Å². The van der Waals surface area contributed by atoms with E-state index in [1.165, 1.54) is 0 Å². The van der Waals surface area contributed by atoms with E-state index in [0.717, 1.165) is 5.76 Å². The van der Waals surface area contributed by atoms with Crippen molar-refractivity contribution in [1.82, 2.24) is 15.0 Å². The average molecular weight is 303 g/mol. The van der Waals surface area contributed by atoms with Crippen LogP contribution in [0.5, 0.6) is 0 Å². The van der Waals surface area contributed by atoms with Gasteiger partial charge in [0.1, 0.15) is 5.76 Å². The molecule has 2 atom stereocenters. The summed E-state index contributed by atoms with van der Waals surface area (Å²) in [6.45, 7) is 5.84. The van der Waals surface area contributed by atoms with Crippen molar-refractivity contribution in [3.63, 3.8) is 0 Å². The number of carbonyl (C=O) groups is 1. The number of rotatable bonds is 2. The summed E-state index contributed by atoms with van der Waals surface area (Å²) in [6, 6.07) is 3.51. The highest BCUT2D eigenvalue weighted by atomic mass is 16.5. The van der Waals surface area contributed by atoms with E-state index in [2.05, 4.69) is 10.1 Å². The van der Waals surface area contributed by atoms with Gasteiger partial charge < -0.3 is 18.6 Å². The summed E-state index contributed by atoms with van der Waals surface area (Å²) < 4.78 is 16.5. The molecule has 0 saturated carbocycles. The standard InChI is InChI=1S/C15H17N3O4/c1-9-3-4-12(21-9)13(19)18-5-11-6-20-8-15(11,7-18)14-16-10(2)17-22-14/h3-4,11H,5-8H2,1-2H3/t11-,15-/m0/s1. The third kappa shape index (κ3) is 1.89. The fourth-order valence-electron chi connectivity index (χ4n) is 3.40. The maximum absolute atomic E-state index is 12.6. The molecule has 2 aromatic rings. The van der Waals surface area contributed by atoms with Gasteiger partial charge in [0.25, 0.3) is 5.91 Å². The van der Waals surface area contributed by atoms with Gasteiger partial charge in [-0.3, -0.25) is 4.79 Å². The van der Waals surface area contributed by atoms with Gasteiger partial charge in [0.05, 0.1) is 18.6 Å². The van der Waals surface area contributed by atoms with Crippen LogP contribution in [0, 0.1) is 19.8 Å². The molecule has 2 aliphatic rings. The molecule has 0 bridgehead atoms. The van der Waals surface area contributed by atoms with E-state index in [0.29, 0.717) is 43.8 Å². The first-order valence-electron chi connectivity index (χ1n) is 7.33. The molecule has 7 nitrogen and oxygen atoms in total. The molecular formula is C15H17N3O4. The molecule has 2 aliphatic heterocycles. The quantitative estimate of drug-likeness (QED) is 0.832. The van der Waals surface area contributed by atoms with E-state index >= 15 is 0 Å². The van der Waals surface area contributed by atoms with Gasteiger partial charge in [0.2, 0.25) is 5.89 Å². The van der Waals surface area contributed by atoms with Gasteiger partial charge in [0, 0.05) is 19.0 Å². The topological polar surface area (TPSA) is 81.6 Å².